The number of benzene rings is 7. The lowest BCUT2D eigenvalue weighted by Crippen LogP contribution is -2.59. The molecule has 0 fully saturated rings. The molecular weight excluding hydrogens is 691 g/mol. The first-order valence-electron chi connectivity index (χ1n) is 20.2. The van der Waals surface area contributed by atoms with E-state index in [1.165, 1.54) is 82.5 Å². The van der Waals surface area contributed by atoms with Gasteiger partial charge in [0.1, 0.15) is 0 Å². The Labute approximate surface area is 332 Å². The van der Waals surface area contributed by atoms with Crippen LogP contribution in [0, 0.1) is 0 Å². The van der Waals surface area contributed by atoms with E-state index in [9.17, 15) is 0 Å². The molecule has 0 aliphatic carbocycles. The van der Waals surface area contributed by atoms with Crippen LogP contribution in [0.15, 0.2) is 140 Å². The summed E-state index contributed by atoms with van der Waals surface area (Å²) in [5, 5.41) is 6.24. The van der Waals surface area contributed by atoms with Gasteiger partial charge in [-0.25, -0.2) is 9.97 Å². The predicted molar refractivity (Wildman–Crippen MR) is 241 cm³/mol. The monoisotopic (exact) mass is 732 g/mol. The van der Waals surface area contributed by atoms with Gasteiger partial charge in [0.15, 0.2) is 5.82 Å². The molecule has 0 spiro atoms. The molecule has 272 valence electrons. The van der Waals surface area contributed by atoms with Crippen molar-refractivity contribution in [2.75, 3.05) is 0 Å². The Morgan fingerprint density at radius 1 is 0.456 bits per heavy atom. The Hall–Kier alpha value is -6.46. The van der Waals surface area contributed by atoms with Gasteiger partial charge < -0.3 is 9.13 Å². The Bertz CT molecular complexity index is 3210. The third-order valence-electron chi connectivity index (χ3n) is 12.8. The van der Waals surface area contributed by atoms with Crippen molar-refractivity contribution in [1.82, 2.24) is 19.1 Å². The van der Waals surface area contributed by atoms with Gasteiger partial charge in [0.25, 0.3) is 6.71 Å². The van der Waals surface area contributed by atoms with Gasteiger partial charge >= 0.3 is 0 Å². The Morgan fingerprint density at radius 3 is 1.54 bits per heavy atom. The third-order valence-corrected chi connectivity index (χ3v) is 12.8. The van der Waals surface area contributed by atoms with Gasteiger partial charge in [0.2, 0.25) is 0 Å². The summed E-state index contributed by atoms with van der Waals surface area (Å²) in [7, 11) is 0. The van der Waals surface area contributed by atoms with Crippen molar-refractivity contribution in [2.45, 2.75) is 52.4 Å². The summed E-state index contributed by atoms with van der Waals surface area (Å²) < 4.78 is 5.11. The Balaban J connectivity index is 1.25. The van der Waals surface area contributed by atoms with Crippen molar-refractivity contribution in [3.8, 4) is 34.0 Å². The van der Waals surface area contributed by atoms with Crippen LogP contribution in [0.3, 0.4) is 0 Å². The smallest absolute Gasteiger partial charge is 0.252 e. The maximum atomic E-state index is 5.44. The minimum Gasteiger partial charge on any atom is -0.310 e. The summed E-state index contributed by atoms with van der Waals surface area (Å²) in [5.74, 6) is 0.728. The minimum atomic E-state index is 0.0288. The molecule has 4 nitrogen and oxygen atoms in total. The van der Waals surface area contributed by atoms with Gasteiger partial charge in [-0.05, 0) is 80.8 Å². The van der Waals surface area contributed by atoms with Gasteiger partial charge in [-0.1, -0.05) is 139 Å². The van der Waals surface area contributed by atoms with Gasteiger partial charge in [-0.15, -0.1) is 0 Å². The van der Waals surface area contributed by atoms with E-state index in [0.29, 0.717) is 0 Å². The van der Waals surface area contributed by atoms with Crippen LogP contribution in [-0.4, -0.2) is 25.8 Å². The van der Waals surface area contributed by atoms with Crippen LogP contribution in [-0.2, 0) is 10.8 Å². The van der Waals surface area contributed by atoms with Crippen molar-refractivity contribution in [3.05, 3.63) is 151 Å². The molecule has 3 aromatic heterocycles. The first kappa shape index (κ1) is 32.8. The van der Waals surface area contributed by atoms with Crippen molar-refractivity contribution >= 4 is 77.6 Å². The van der Waals surface area contributed by atoms with Crippen LogP contribution in [0.4, 0.5) is 0 Å². The zero-order chi connectivity index (χ0) is 38.5. The fraction of sp³-hybridized carbons (Fsp3) is 0.154. The molecule has 12 rings (SSSR count). The van der Waals surface area contributed by atoms with Gasteiger partial charge in [0.05, 0.1) is 22.2 Å². The number of hydrogen-bond donors (Lipinski definition) is 0. The molecule has 2 aliphatic heterocycles. The second-order valence-electron chi connectivity index (χ2n) is 18.3. The molecule has 0 saturated carbocycles. The SMILES string of the molecule is CC(C)(C)c1ccc2c(c1)c1cccc3c1n2-c1cc(-c2nc(-c4ccccc4)c4ccccc4n2)cc2c1B3c1cccc3c4cc(C(C)(C)C)ccc4n-2c13. The summed E-state index contributed by atoms with van der Waals surface area (Å²) in [4.78, 5) is 10.8. The van der Waals surface area contributed by atoms with Crippen LogP contribution in [0.5, 0.6) is 0 Å². The molecule has 0 unspecified atom stereocenters. The summed E-state index contributed by atoms with van der Waals surface area (Å²) in [5.41, 5.74) is 18.2. The van der Waals surface area contributed by atoms with E-state index in [1.54, 1.807) is 0 Å². The lowest BCUT2D eigenvalue weighted by atomic mass is 9.34. The standard InChI is InChI=1S/C52H41BN4/c1-51(2,3)32-22-24-42-37(28-32)34-17-12-19-39-48(34)56(42)44-26-31(50-54-41-21-11-10-16-36(41)47(55-50)30-14-8-7-9-15-30)27-45-46(44)53(39)40-20-13-18-35-38-29-33(52(4,5)6)23-25-43(38)57(45)49(35)40/h7-29H,1-6H3. The Morgan fingerprint density at radius 2 is 0.982 bits per heavy atom. The van der Waals surface area contributed by atoms with Gasteiger partial charge in [-0.3, -0.25) is 0 Å². The molecule has 0 atom stereocenters. The second-order valence-corrected chi connectivity index (χ2v) is 18.3. The molecule has 0 N–H and O–H groups in total. The highest BCUT2D eigenvalue weighted by Gasteiger charge is 2.41. The number of aromatic nitrogens is 4. The number of hydrogen-bond acceptors (Lipinski definition) is 2. The molecule has 0 saturated heterocycles. The number of fused-ring (bicyclic) bond motifs is 11. The molecule has 0 bridgehead atoms. The number of rotatable bonds is 2. The fourth-order valence-electron chi connectivity index (χ4n) is 10.0. The van der Waals surface area contributed by atoms with Gasteiger partial charge in [-0.2, -0.15) is 0 Å². The largest absolute Gasteiger partial charge is 0.310 e. The van der Waals surface area contributed by atoms with Gasteiger partial charge in [0, 0.05) is 60.5 Å². The topological polar surface area (TPSA) is 35.6 Å². The molecule has 5 heteroatoms. The second kappa shape index (κ2) is 11.1. The summed E-state index contributed by atoms with van der Waals surface area (Å²) in [6.45, 7) is 13.9. The Kier molecular flexibility index (Phi) is 6.38. The molecule has 0 radical (unpaired) electrons. The summed E-state index contributed by atoms with van der Waals surface area (Å²) in [6.07, 6.45) is 0. The summed E-state index contributed by atoms with van der Waals surface area (Å²) >= 11 is 0. The van der Waals surface area contributed by atoms with E-state index in [1.807, 2.05) is 0 Å². The zero-order valence-electron chi connectivity index (χ0n) is 33.1. The first-order valence-corrected chi connectivity index (χ1v) is 20.2. The quantitative estimate of drug-likeness (QED) is 0.166. The lowest BCUT2D eigenvalue weighted by Gasteiger charge is -2.34. The number of para-hydroxylation sites is 3. The van der Waals surface area contributed by atoms with E-state index in [2.05, 4.69) is 190 Å². The van der Waals surface area contributed by atoms with Crippen LogP contribution >= 0.6 is 0 Å². The molecule has 57 heavy (non-hydrogen) atoms. The van der Waals surface area contributed by atoms with Crippen molar-refractivity contribution in [2.24, 2.45) is 0 Å². The molecular formula is C52H41BN4. The highest BCUT2D eigenvalue weighted by atomic mass is 15.0. The average Bonchev–Trinajstić information content (AvgIpc) is 3.74. The molecule has 0 amide bonds. The van der Waals surface area contributed by atoms with Crippen molar-refractivity contribution in [3.63, 3.8) is 0 Å². The maximum absolute atomic E-state index is 5.44. The van der Waals surface area contributed by atoms with E-state index in [4.69, 9.17) is 9.97 Å². The van der Waals surface area contributed by atoms with Crippen LogP contribution < -0.4 is 16.4 Å². The van der Waals surface area contributed by atoms with Crippen LogP contribution in [0.2, 0.25) is 0 Å². The molecule has 10 aromatic rings. The van der Waals surface area contributed by atoms with E-state index in [0.717, 1.165) is 33.5 Å². The zero-order valence-corrected chi connectivity index (χ0v) is 33.1. The first-order chi connectivity index (χ1) is 27.5. The fourth-order valence-corrected chi connectivity index (χ4v) is 10.0. The lowest BCUT2D eigenvalue weighted by molar-refractivity contribution is 0.591. The number of nitrogens with zero attached hydrogens (tertiary/aromatic N) is 4. The molecule has 2 aliphatic rings. The van der Waals surface area contributed by atoms with E-state index in [-0.39, 0.29) is 17.5 Å². The maximum Gasteiger partial charge on any atom is 0.252 e. The summed E-state index contributed by atoms with van der Waals surface area (Å²) in [6, 6.07) is 51.9. The van der Waals surface area contributed by atoms with Crippen LogP contribution in [0.1, 0.15) is 52.7 Å². The van der Waals surface area contributed by atoms with Crippen LogP contribution in [0.25, 0.3) is 88.5 Å². The third kappa shape index (κ3) is 4.46. The van der Waals surface area contributed by atoms with Crippen molar-refractivity contribution < 1.29 is 0 Å². The van der Waals surface area contributed by atoms with E-state index < -0.39 is 0 Å². The average molecular weight is 733 g/mol. The molecule has 7 aromatic carbocycles. The minimum absolute atomic E-state index is 0.0288. The van der Waals surface area contributed by atoms with Crippen molar-refractivity contribution in [1.29, 1.82) is 0 Å². The molecule has 5 heterocycles. The highest BCUT2D eigenvalue weighted by molar-refractivity contribution is 7.00. The predicted octanol–water partition coefficient (Wildman–Crippen LogP) is 10.9. The van der Waals surface area contributed by atoms with E-state index >= 15 is 0 Å². The highest BCUT2D eigenvalue weighted by Crippen LogP contribution is 2.42. The normalized spacial score (nSPS) is 13.4.